The summed E-state index contributed by atoms with van der Waals surface area (Å²) in [6.45, 7) is 3.89. The Hall–Kier alpha value is -2.56. The third-order valence-electron chi connectivity index (χ3n) is 5.39. The van der Waals surface area contributed by atoms with Crippen LogP contribution in [0, 0.1) is 79.8 Å². The largest absolute Gasteiger partial charge is 0.196 e. The minimum atomic E-state index is -1.57. The molecule has 0 amide bonds. The van der Waals surface area contributed by atoms with Gasteiger partial charge < -0.3 is 0 Å². The standard InChI is InChI=1S/C16H12N4/c1-9-3-11-13(9)12-4-10(2)14(11)16(7-19,8-20)15(12,5-17)6-18/h3-4,11-14H,1-2H3. The fourth-order valence-corrected chi connectivity index (χ4v) is 4.55. The van der Waals surface area contributed by atoms with Gasteiger partial charge in [0.2, 0.25) is 0 Å². The maximum absolute atomic E-state index is 9.65. The van der Waals surface area contributed by atoms with Crippen LogP contribution in [0.25, 0.3) is 0 Å². The number of rotatable bonds is 0. The minimum absolute atomic E-state index is 0.110. The van der Waals surface area contributed by atoms with Gasteiger partial charge >= 0.3 is 0 Å². The van der Waals surface area contributed by atoms with Crippen LogP contribution >= 0.6 is 0 Å². The second-order valence-electron chi connectivity index (χ2n) is 5.99. The second kappa shape index (κ2) is 3.50. The molecule has 2 bridgehead atoms. The normalized spacial score (nSPS) is 37.7. The lowest BCUT2D eigenvalue weighted by Crippen LogP contribution is -2.63. The zero-order valence-electron chi connectivity index (χ0n) is 11.3. The Morgan fingerprint density at radius 3 is 1.85 bits per heavy atom. The van der Waals surface area contributed by atoms with Crippen molar-refractivity contribution in [3.63, 3.8) is 0 Å². The first kappa shape index (κ1) is 12.5. The molecule has 0 aliphatic heterocycles. The summed E-state index contributed by atoms with van der Waals surface area (Å²) >= 11 is 0. The van der Waals surface area contributed by atoms with Crippen molar-refractivity contribution < 1.29 is 0 Å². The van der Waals surface area contributed by atoms with E-state index >= 15 is 0 Å². The Morgan fingerprint density at radius 1 is 0.850 bits per heavy atom. The molecule has 4 aliphatic rings. The second-order valence-corrected chi connectivity index (χ2v) is 5.99. The smallest absolute Gasteiger partial charge is 0.183 e. The molecule has 4 nitrogen and oxygen atoms in total. The number of fused-ring (bicyclic) bond motifs is 1. The predicted molar refractivity (Wildman–Crippen MR) is 68.8 cm³/mol. The number of hydrogen-bond acceptors (Lipinski definition) is 4. The van der Waals surface area contributed by atoms with Crippen LogP contribution in [0.1, 0.15) is 13.8 Å². The van der Waals surface area contributed by atoms with Crippen molar-refractivity contribution in [3.8, 4) is 24.3 Å². The quantitative estimate of drug-likeness (QED) is 0.625. The van der Waals surface area contributed by atoms with Crippen LogP contribution in [-0.2, 0) is 0 Å². The molecule has 4 aliphatic carbocycles. The third-order valence-corrected chi connectivity index (χ3v) is 5.39. The Labute approximate surface area is 117 Å². The summed E-state index contributed by atoms with van der Waals surface area (Å²) in [4.78, 5) is 0. The van der Waals surface area contributed by atoms with Gasteiger partial charge in [-0.15, -0.1) is 0 Å². The maximum atomic E-state index is 9.65. The molecule has 1 fully saturated rings. The first-order valence-corrected chi connectivity index (χ1v) is 6.54. The van der Waals surface area contributed by atoms with E-state index in [1.807, 2.05) is 44.2 Å². The van der Waals surface area contributed by atoms with E-state index in [-0.39, 0.29) is 23.7 Å². The van der Waals surface area contributed by atoms with E-state index in [1.54, 1.807) is 0 Å². The van der Waals surface area contributed by atoms with Gasteiger partial charge in [0.1, 0.15) is 0 Å². The molecule has 1 saturated carbocycles. The van der Waals surface area contributed by atoms with Gasteiger partial charge in [0.15, 0.2) is 10.8 Å². The average molecular weight is 260 g/mol. The number of allylic oxidation sites excluding steroid dienone is 4. The highest BCUT2D eigenvalue weighted by Crippen LogP contribution is 2.69. The molecule has 0 aromatic carbocycles. The van der Waals surface area contributed by atoms with Crippen LogP contribution in [-0.4, -0.2) is 0 Å². The first-order valence-electron chi connectivity index (χ1n) is 6.54. The fourth-order valence-electron chi connectivity index (χ4n) is 4.55. The molecule has 4 atom stereocenters. The third kappa shape index (κ3) is 0.943. The summed E-state index contributed by atoms with van der Waals surface area (Å²) in [6, 6.07) is 8.17. The molecule has 0 heterocycles. The molecule has 0 radical (unpaired) electrons. The lowest BCUT2D eigenvalue weighted by Gasteiger charge is -2.61. The number of hydrogen-bond donors (Lipinski definition) is 0. The lowest BCUT2D eigenvalue weighted by molar-refractivity contribution is -0.00608. The van der Waals surface area contributed by atoms with Crippen LogP contribution in [0.15, 0.2) is 23.3 Å². The van der Waals surface area contributed by atoms with Crippen LogP contribution in [0.5, 0.6) is 0 Å². The van der Waals surface area contributed by atoms with Gasteiger partial charge in [-0.25, -0.2) is 0 Å². The topological polar surface area (TPSA) is 95.2 Å². The van der Waals surface area contributed by atoms with E-state index in [9.17, 15) is 21.0 Å². The average Bonchev–Trinajstić information content (AvgIpc) is 2.44. The molecule has 4 heteroatoms. The van der Waals surface area contributed by atoms with E-state index in [4.69, 9.17) is 0 Å². The summed E-state index contributed by atoms with van der Waals surface area (Å²) in [6.07, 6.45) is 4.03. The molecule has 20 heavy (non-hydrogen) atoms. The zero-order valence-corrected chi connectivity index (χ0v) is 11.3. The minimum Gasteiger partial charge on any atom is -0.196 e. The SMILES string of the molecule is CC1=CC2C1C1C=C(C)C2C(C#N)(C#N)C1(C#N)C#N. The number of nitriles is 4. The molecule has 0 aromatic rings. The Balaban J connectivity index is 2.37. The highest BCUT2D eigenvalue weighted by atomic mass is 14.7. The summed E-state index contributed by atoms with van der Waals surface area (Å²) in [5, 5.41) is 38.6. The van der Waals surface area contributed by atoms with Crippen molar-refractivity contribution in [2.45, 2.75) is 13.8 Å². The molecular weight excluding hydrogens is 248 g/mol. The van der Waals surface area contributed by atoms with Gasteiger partial charge in [-0.05, 0) is 25.7 Å². The van der Waals surface area contributed by atoms with Crippen molar-refractivity contribution in [3.05, 3.63) is 23.3 Å². The fraction of sp³-hybridized carbons (Fsp3) is 0.500. The van der Waals surface area contributed by atoms with Crippen molar-refractivity contribution in [2.75, 3.05) is 0 Å². The highest BCUT2D eigenvalue weighted by molar-refractivity contribution is 5.52. The molecule has 4 unspecified atom stereocenters. The van der Waals surface area contributed by atoms with Gasteiger partial charge in [-0.3, -0.25) is 0 Å². The van der Waals surface area contributed by atoms with Gasteiger partial charge in [-0.1, -0.05) is 23.3 Å². The van der Waals surface area contributed by atoms with Crippen molar-refractivity contribution in [2.24, 2.45) is 34.5 Å². The van der Waals surface area contributed by atoms with Crippen LogP contribution in [0.3, 0.4) is 0 Å². The van der Waals surface area contributed by atoms with Gasteiger partial charge in [0, 0.05) is 11.8 Å². The highest BCUT2D eigenvalue weighted by Gasteiger charge is 2.73. The van der Waals surface area contributed by atoms with E-state index in [0.29, 0.717) is 0 Å². The van der Waals surface area contributed by atoms with Crippen LogP contribution < -0.4 is 0 Å². The Kier molecular flexibility index (Phi) is 2.19. The van der Waals surface area contributed by atoms with Crippen LogP contribution in [0.4, 0.5) is 0 Å². The molecule has 96 valence electrons. The van der Waals surface area contributed by atoms with Crippen LogP contribution in [0.2, 0.25) is 0 Å². The van der Waals surface area contributed by atoms with Gasteiger partial charge in [0.05, 0.1) is 24.3 Å². The molecular formula is C16H12N4. The summed E-state index contributed by atoms with van der Waals surface area (Å²) in [5.41, 5.74) is -1.02. The molecule has 0 aromatic heterocycles. The van der Waals surface area contributed by atoms with E-state index < -0.39 is 10.8 Å². The predicted octanol–water partition coefficient (Wildman–Crippen LogP) is 2.45. The van der Waals surface area contributed by atoms with Crippen molar-refractivity contribution in [1.82, 2.24) is 0 Å². The van der Waals surface area contributed by atoms with Crippen molar-refractivity contribution in [1.29, 1.82) is 21.0 Å². The van der Waals surface area contributed by atoms with E-state index in [1.165, 1.54) is 0 Å². The Morgan fingerprint density at radius 2 is 1.40 bits per heavy atom. The zero-order chi connectivity index (χ0) is 14.7. The molecule has 0 N–H and O–H groups in total. The summed E-state index contributed by atoms with van der Waals surface area (Å²) < 4.78 is 0. The summed E-state index contributed by atoms with van der Waals surface area (Å²) in [7, 11) is 0. The van der Waals surface area contributed by atoms with Gasteiger partial charge in [-0.2, -0.15) is 21.0 Å². The van der Waals surface area contributed by atoms with E-state index in [2.05, 4.69) is 6.08 Å². The molecule has 0 spiro atoms. The first-order chi connectivity index (χ1) is 9.52. The van der Waals surface area contributed by atoms with Gasteiger partial charge in [0.25, 0.3) is 0 Å². The monoisotopic (exact) mass is 260 g/mol. The molecule has 4 rings (SSSR count). The number of nitrogens with zero attached hydrogens (tertiary/aromatic N) is 4. The van der Waals surface area contributed by atoms with Crippen molar-refractivity contribution >= 4 is 0 Å². The lowest BCUT2D eigenvalue weighted by atomic mass is 9.36. The molecule has 0 saturated heterocycles. The Bertz CT molecular complexity index is 700. The summed E-state index contributed by atoms with van der Waals surface area (Å²) in [5.74, 6) is -0.482. The van der Waals surface area contributed by atoms with E-state index in [0.717, 1.165) is 11.1 Å². The maximum Gasteiger partial charge on any atom is 0.183 e.